The second-order valence-electron chi connectivity index (χ2n) is 3.77. The highest BCUT2D eigenvalue weighted by Gasteiger charge is 2.33. The Morgan fingerprint density at radius 1 is 1.22 bits per heavy atom. The molecule has 0 spiro atoms. The molecule has 0 saturated heterocycles. The summed E-state index contributed by atoms with van der Waals surface area (Å²) in [6, 6.07) is 6.95. The van der Waals surface area contributed by atoms with E-state index in [4.69, 9.17) is 0 Å². The lowest BCUT2D eigenvalue weighted by Crippen LogP contribution is -2.08. The zero-order valence-corrected chi connectivity index (χ0v) is 10.6. The zero-order chi connectivity index (χ0) is 13.3. The molecule has 0 aliphatic carbocycles. The Kier molecular flexibility index (Phi) is 3.49. The average molecular weight is 320 g/mol. The van der Waals surface area contributed by atoms with Gasteiger partial charge in [-0.3, -0.25) is 0 Å². The van der Waals surface area contributed by atoms with Crippen LogP contribution in [0.2, 0.25) is 0 Å². The van der Waals surface area contributed by atoms with Crippen molar-refractivity contribution in [3.8, 4) is 0 Å². The number of alkyl halides is 3. The van der Waals surface area contributed by atoms with Crippen molar-refractivity contribution in [2.45, 2.75) is 12.3 Å². The molecule has 0 aliphatic rings. The molecule has 1 heterocycles. The van der Waals surface area contributed by atoms with Crippen molar-refractivity contribution in [1.82, 2.24) is 4.98 Å². The van der Waals surface area contributed by atoms with Crippen LogP contribution in [0.15, 0.2) is 41.0 Å². The highest BCUT2D eigenvalue weighted by atomic mass is 79.9. The van der Waals surface area contributed by atoms with E-state index in [1.54, 1.807) is 18.3 Å². The first-order valence-electron chi connectivity index (χ1n) is 5.07. The number of rotatable bonds is 2. The Bertz CT molecular complexity index is 537. The first-order valence-corrected chi connectivity index (χ1v) is 5.87. The summed E-state index contributed by atoms with van der Waals surface area (Å²) in [4.78, 5) is 2.77. The Morgan fingerprint density at radius 3 is 2.50 bits per heavy atom. The van der Waals surface area contributed by atoms with Crippen LogP contribution in [0.25, 0.3) is 0 Å². The lowest BCUT2D eigenvalue weighted by molar-refractivity contribution is -0.138. The summed E-state index contributed by atoms with van der Waals surface area (Å²) < 4.78 is 38.1. The van der Waals surface area contributed by atoms with Gasteiger partial charge in [0, 0.05) is 16.4 Å². The predicted molar refractivity (Wildman–Crippen MR) is 64.0 cm³/mol. The van der Waals surface area contributed by atoms with Gasteiger partial charge >= 0.3 is 6.18 Å². The van der Waals surface area contributed by atoms with E-state index in [0.29, 0.717) is 5.69 Å². The smallest absolute Gasteiger partial charge is 0.382 e. The van der Waals surface area contributed by atoms with Gasteiger partial charge in [0.05, 0.1) is 5.56 Å². The molecule has 1 atom stereocenters. The van der Waals surface area contributed by atoms with Gasteiger partial charge in [-0.1, -0.05) is 22.0 Å². The SMILES string of the molecule is OC(c1ccc(Br)c(C(F)(F)F)c1)c1ccc[nH]1. The quantitative estimate of drug-likeness (QED) is 0.866. The highest BCUT2D eigenvalue weighted by Crippen LogP contribution is 2.36. The molecule has 18 heavy (non-hydrogen) atoms. The standard InChI is InChI=1S/C12H9BrF3NO/c13-9-4-3-7(6-8(9)12(14,15)16)11(18)10-2-1-5-17-10/h1-6,11,17-18H. The van der Waals surface area contributed by atoms with E-state index in [0.717, 1.165) is 6.07 Å². The van der Waals surface area contributed by atoms with Crippen molar-refractivity contribution in [1.29, 1.82) is 0 Å². The van der Waals surface area contributed by atoms with E-state index in [1.807, 2.05) is 0 Å². The third-order valence-corrected chi connectivity index (χ3v) is 3.22. The molecule has 2 N–H and O–H groups in total. The van der Waals surface area contributed by atoms with Crippen LogP contribution in [0.4, 0.5) is 13.2 Å². The van der Waals surface area contributed by atoms with Gasteiger partial charge in [0.2, 0.25) is 0 Å². The molecule has 0 saturated carbocycles. The second-order valence-corrected chi connectivity index (χ2v) is 4.62. The Balaban J connectivity index is 2.42. The molecule has 1 unspecified atom stereocenters. The summed E-state index contributed by atoms with van der Waals surface area (Å²) in [7, 11) is 0. The Hall–Kier alpha value is -1.27. The number of hydrogen-bond donors (Lipinski definition) is 2. The minimum atomic E-state index is -4.45. The van der Waals surface area contributed by atoms with Gasteiger partial charge in [-0.25, -0.2) is 0 Å². The van der Waals surface area contributed by atoms with E-state index in [9.17, 15) is 18.3 Å². The minimum absolute atomic E-state index is 0.0440. The third kappa shape index (κ3) is 2.59. The molecule has 0 bridgehead atoms. The van der Waals surface area contributed by atoms with Gasteiger partial charge in [0.1, 0.15) is 6.10 Å². The van der Waals surface area contributed by atoms with Gasteiger partial charge in [-0.05, 0) is 29.8 Å². The summed E-state index contributed by atoms with van der Waals surface area (Å²) in [5, 5.41) is 9.95. The van der Waals surface area contributed by atoms with Crippen molar-refractivity contribution in [3.63, 3.8) is 0 Å². The normalized spacial score (nSPS) is 13.6. The van der Waals surface area contributed by atoms with Crippen molar-refractivity contribution >= 4 is 15.9 Å². The largest absolute Gasteiger partial charge is 0.417 e. The lowest BCUT2D eigenvalue weighted by Gasteiger charge is -2.14. The molecule has 0 aliphatic heterocycles. The number of aromatic amines is 1. The average Bonchev–Trinajstić information content (AvgIpc) is 2.80. The highest BCUT2D eigenvalue weighted by molar-refractivity contribution is 9.10. The molecule has 0 amide bonds. The van der Waals surface area contributed by atoms with E-state index >= 15 is 0 Å². The predicted octanol–water partition coefficient (Wildman–Crippen LogP) is 3.88. The van der Waals surface area contributed by atoms with Crippen molar-refractivity contribution in [2.75, 3.05) is 0 Å². The molecule has 96 valence electrons. The Morgan fingerprint density at radius 2 is 1.94 bits per heavy atom. The third-order valence-electron chi connectivity index (χ3n) is 2.53. The van der Waals surface area contributed by atoms with E-state index < -0.39 is 17.8 Å². The van der Waals surface area contributed by atoms with Crippen molar-refractivity contribution < 1.29 is 18.3 Å². The number of nitrogens with one attached hydrogen (secondary N) is 1. The summed E-state index contributed by atoms with van der Waals surface area (Å²) in [5.41, 5.74) is -0.163. The molecule has 0 fully saturated rings. The fraction of sp³-hybridized carbons (Fsp3) is 0.167. The van der Waals surface area contributed by atoms with Crippen LogP contribution >= 0.6 is 15.9 Å². The Labute approximate surface area is 110 Å². The van der Waals surface area contributed by atoms with Gasteiger partial charge in [0.25, 0.3) is 0 Å². The van der Waals surface area contributed by atoms with Crippen molar-refractivity contribution in [2.24, 2.45) is 0 Å². The first-order chi connectivity index (χ1) is 8.39. The molecular weight excluding hydrogens is 311 g/mol. The second kappa shape index (κ2) is 4.78. The molecule has 6 heteroatoms. The van der Waals surface area contributed by atoms with Crippen LogP contribution in [0.3, 0.4) is 0 Å². The number of hydrogen-bond acceptors (Lipinski definition) is 1. The maximum Gasteiger partial charge on any atom is 0.417 e. The van der Waals surface area contributed by atoms with Crippen LogP contribution in [0, 0.1) is 0 Å². The fourth-order valence-electron chi connectivity index (χ4n) is 1.62. The van der Waals surface area contributed by atoms with Gasteiger partial charge in [0.15, 0.2) is 0 Å². The summed E-state index contributed by atoms with van der Waals surface area (Å²) >= 11 is 2.85. The summed E-state index contributed by atoms with van der Waals surface area (Å²) in [6.45, 7) is 0. The zero-order valence-electron chi connectivity index (χ0n) is 9.00. The van der Waals surface area contributed by atoms with Crippen LogP contribution in [-0.2, 0) is 6.18 Å². The van der Waals surface area contributed by atoms with Crippen LogP contribution < -0.4 is 0 Å². The van der Waals surface area contributed by atoms with E-state index in [2.05, 4.69) is 20.9 Å². The molecule has 2 nitrogen and oxygen atoms in total. The number of benzene rings is 1. The van der Waals surface area contributed by atoms with E-state index in [-0.39, 0.29) is 10.0 Å². The maximum atomic E-state index is 12.7. The van der Waals surface area contributed by atoms with Crippen LogP contribution in [0.1, 0.15) is 22.9 Å². The number of aliphatic hydroxyl groups excluding tert-OH is 1. The van der Waals surface area contributed by atoms with E-state index in [1.165, 1.54) is 12.1 Å². The van der Waals surface area contributed by atoms with Gasteiger partial charge < -0.3 is 10.1 Å². The summed E-state index contributed by atoms with van der Waals surface area (Å²) in [5.74, 6) is 0. The fourth-order valence-corrected chi connectivity index (χ4v) is 2.10. The van der Waals surface area contributed by atoms with Gasteiger partial charge in [-0.15, -0.1) is 0 Å². The summed E-state index contributed by atoms with van der Waals surface area (Å²) in [6.07, 6.45) is -3.96. The molecule has 0 radical (unpaired) electrons. The molecular formula is C12H9BrF3NO. The molecule has 2 aromatic rings. The van der Waals surface area contributed by atoms with Gasteiger partial charge in [-0.2, -0.15) is 13.2 Å². The van der Waals surface area contributed by atoms with Crippen LogP contribution in [0.5, 0.6) is 0 Å². The maximum absolute atomic E-state index is 12.7. The molecule has 1 aromatic heterocycles. The van der Waals surface area contributed by atoms with Crippen LogP contribution in [-0.4, -0.2) is 10.1 Å². The molecule has 1 aromatic carbocycles. The monoisotopic (exact) mass is 319 g/mol. The topological polar surface area (TPSA) is 36.0 Å². The number of halogens is 4. The lowest BCUT2D eigenvalue weighted by atomic mass is 10.0. The van der Waals surface area contributed by atoms with Crippen molar-refractivity contribution in [3.05, 3.63) is 57.8 Å². The number of aromatic nitrogens is 1. The molecule has 2 rings (SSSR count). The number of aliphatic hydroxyl groups is 1. The minimum Gasteiger partial charge on any atom is -0.382 e. The number of H-pyrrole nitrogens is 1. The first kappa shape index (κ1) is 13.2.